The molecule has 0 radical (unpaired) electrons. The van der Waals surface area contributed by atoms with Gasteiger partial charge in [0.25, 0.3) is 0 Å². The Morgan fingerprint density at radius 3 is 2.95 bits per heavy atom. The lowest BCUT2D eigenvalue weighted by Gasteiger charge is -2.31. The molecule has 1 aromatic carbocycles. The summed E-state index contributed by atoms with van der Waals surface area (Å²) in [4.78, 5) is 0. The fourth-order valence-corrected chi connectivity index (χ4v) is 3.05. The van der Waals surface area contributed by atoms with Gasteiger partial charge >= 0.3 is 0 Å². The number of anilines is 1. The molecule has 0 bridgehead atoms. The molecule has 0 aromatic heterocycles. The van der Waals surface area contributed by atoms with Crippen molar-refractivity contribution in [3.8, 4) is 0 Å². The number of nitrogens with zero attached hydrogens (tertiary/aromatic N) is 1. The molecule has 1 saturated carbocycles. The maximum atomic E-state index is 5.29. The highest BCUT2D eigenvalue weighted by molar-refractivity contribution is 7.80. The lowest BCUT2D eigenvalue weighted by Crippen LogP contribution is -2.36. The van der Waals surface area contributed by atoms with Crippen molar-refractivity contribution in [3.05, 3.63) is 41.5 Å². The average molecular weight is 285 g/mol. The van der Waals surface area contributed by atoms with Crippen molar-refractivity contribution in [1.82, 2.24) is 5.43 Å². The Bertz CT molecular complexity index is 604. The van der Waals surface area contributed by atoms with Gasteiger partial charge in [-0.15, -0.1) is 0 Å². The number of hydrogen-bond acceptors (Lipinski definition) is 2. The Kier molecular flexibility index (Phi) is 3.57. The zero-order valence-corrected chi connectivity index (χ0v) is 12.6. The quantitative estimate of drug-likeness (QED) is 0.496. The van der Waals surface area contributed by atoms with E-state index in [2.05, 4.69) is 54.0 Å². The number of benzene rings is 1. The number of nitrogens with one attached hydrogen (secondary N) is 2. The molecule has 0 heterocycles. The summed E-state index contributed by atoms with van der Waals surface area (Å²) in [7, 11) is 0. The first-order valence-corrected chi connectivity index (χ1v) is 7.41. The molecule has 0 saturated heterocycles. The third kappa shape index (κ3) is 2.61. The van der Waals surface area contributed by atoms with E-state index in [9.17, 15) is 0 Å². The average Bonchev–Trinajstić information content (AvgIpc) is 2.75. The normalized spacial score (nSPS) is 25.2. The van der Waals surface area contributed by atoms with Crippen LogP contribution >= 0.6 is 12.2 Å². The zero-order chi connectivity index (χ0) is 14.1. The van der Waals surface area contributed by atoms with Gasteiger partial charge in [0.15, 0.2) is 5.11 Å². The summed E-state index contributed by atoms with van der Waals surface area (Å²) >= 11 is 5.29. The summed E-state index contributed by atoms with van der Waals surface area (Å²) in [5.41, 5.74) is 7.68. The summed E-state index contributed by atoms with van der Waals surface area (Å²) in [5.74, 6) is 1.34. The largest absolute Gasteiger partial charge is 0.331 e. The number of fused-ring (bicyclic) bond motifs is 1. The van der Waals surface area contributed by atoms with Crippen LogP contribution in [-0.2, 0) is 0 Å². The molecule has 1 fully saturated rings. The minimum Gasteiger partial charge on any atom is -0.331 e. The first-order valence-electron chi connectivity index (χ1n) is 7.01. The van der Waals surface area contributed by atoms with Crippen LogP contribution in [0.2, 0.25) is 0 Å². The molecule has 0 aliphatic heterocycles. The number of allylic oxidation sites excluding steroid dienone is 2. The molecule has 104 valence electrons. The predicted octanol–water partition coefficient (Wildman–Crippen LogP) is 3.54. The molecule has 0 spiro atoms. The van der Waals surface area contributed by atoms with Gasteiger partial charge in [0.05, 0.1) is 0 Å². The predicted molar refractivity (Wildman–Crippen MR) is 88.1 cm³/mol. The SMILES string of the molecule is Cc1ccc(NC(=S)N/N=C2/C[C@@H]3C=CC[C@@H]23)c(C)c1. The summed E-state index contributed by atoms with van der Waals surface area (Å²) in [5, 5.41) is 8.19. The van der Waals surface area contributed by atoms with Crippen LogP contribution in [0.4, 0.5) is 5.69 Å². The van der Waals surface area contributed by atoms with Gasteiger partial charge in [0.1, 0.15) is 0 Å². The summed E-state index contributed by atoms with van der Waals surface area (Å²) in [6.07, 6.45) is 6.75. The summed E-state index contributed by atoms with van der Waals surface area (Å²) in [6, 6.07) is 6.26. The number of hydrazone groups is 1. The van der Waals surface area contributed by atoms with Gasteiger partial charge in [-0.05, 0) is 56.5 Å². The van der Waals surface area contributed by atoms with E-state index in [4.69, 9.17) is 12.2 Å². The van der Waals surface area contributed by atoms with E-state index in [0.717, 1.165) is 24.4 Å². The van der Waals surface area contributed by atoms with Crippen molar-refractivity contribution < 1.29 is 0 Å². The van der Waals surface area contributed by atoms with Gasteiger partial charge in [-0.25, -0.2) is 0 Å². The maximum Gasteiger partial charge on any atom is 0.191 e. The van der Waals surface area contributed by atoms with Gasteiger partial charge in [-0.3, -0.25) is 5.43 Å². The Morgan fingerprint density at radius 2 is 2.20 bits per heavy atom. The molecule has 2 atom stereocenters. The molecule has 4 heteroatoms. The van der Waals surface area contributed by atoms with Crippen molar-refractivity contribution in [2.75, 3.05) is 5.32 Å². The van der Waals surface area contributed by atoms with E-state index in [0.29, 0.717) is 11.0 Å². The third-order valence-corrected chi connectivity index (χ3v) is 4.29. The molecule has 20 heavy (non-hydrogen) atoms. The highest BCUT2D eigenvalue weighted by Gasteiger charge is 2.37. The first-order chi connectivity index (χ1) is 9.63. The molecule has 2 aliphatic carbocycles. The van der Waals surface area contributed by atoms with E-state index >= 15 is 0 Å². The summed E-state index contributed by atoms with van der Waals surface area (Å²) < 4.78 is 0. The molecular weight excluding hydrogens is 266 g/mol. The van der Waals surface area contributed by atoms with E-state index in [1.54, 1.807) is 0 Å². The van der Waals surface area contributed by atoms with Gasteiger partial charge in [-0.1, -0.05) is 29.8 Å². The highest BCUT2D eigenvalue weighted by atomic mass is 32.1. The van der Waals surface area contributed by atoms with Crippen LogP contribution in [0.25, 0.3) is 0 Å². The summed E-state index contributed by atoms with van der Waals surface area (Å²) in [6.45, 7) is 4.16. The van der Waals surface area contributed by atoms with Crippen LogP contribution in [0.5, 0.6) is 0 Å². The van der Waals surface area contributed by atoms with Crippen molar-refractivity contribution in [2.45, 2.75) is 26.7 Å². The number of hydrogen-bond donors (Lipinski definition) is 2. The standard InChI is InChI=1S/C16H19N3S/c1-10-6-7-14(11(2)8-10)17-16(20)19-18-15-9-12-4-3-5-13(12)15/h3-4,6-8,12-13H,5,9H2,1-2H3,(H2,17,19,20)/b18-15-/t12-,13+/m0/s1. The third-order valence-electron chi connectivity index (χ3n) is 4.09. The second-order valence-corrected chi connectivity index (χ2v) is 6.03. The first kappa shape index (κ1) is 13.3. The Hall–Kier alpha value is -1.68. The highest BCUT2D eigenvalue weighted by Crippen LogP contribution is 2.40. The fourth-order valence-electron chi connectivity index (χ4n) is 2.89. The second-order valence-electron chi connectivity index (χ2n) is 5.63. The molecule has 3 rings (SSSR count). The van der Waals surface area contributed by atoms with Crippen LogP contribution in [0.3, 0.4) is 0 Å². The lowest BCUT2D eigenvalue weighted by atomic mass is 9.74. The number of aryl methyl sites for hydroxylation is 2. The van der Waals surface area contributed by atoms with Crippen molar-refractivity contribution in [1.29, 1.82) is 0 Å². The van der Waals surface area contributed by atoms with E-state index < -0.39 is 0 Å². The zero-order valence-electron chi connectivity index (χ0n) is 11.8. The smallest absolute Gasteiger partial charge is 0.191 e. The molecular formula is C16H19N3S. The number of thiocarbonyl (C=S) groups is 1. The minimum atomic E-state index is 0.554. The Balaban J connectivity index is 1.56. The lowest BCUT2D eigenvalue weighted by molar-refractivity contribution is 0.463. The number of rotatable bonds is 2. The van der Waals surface area contributed by atoms with Crippen LogP contribution in [0.15, 0.2) is 35.5 Å². The van der Waals surface area contributed by atoms with E-state index in [1.807, 2.05) is 6.07 Å². The van der Waals surface area contributed by atoms with Crippen molar-refractivity contribution in [3.63, 3.8) is 0 Å². The van der Waals surface area contributed by atoms with Gasteiger partial charge in [0, 0.05) is 17.3 Å². The van der Waals surface area contributed by atoms with Crippen LogP contribution in [0, 0.1) is 25.7 Å². The minimum absolute atomic E-state index is 0.554. The molecule has 0 amide bonds. The van der Waals surface area contributed by atoms with E-state index in [1.165, 1.54) is 16.8 Å². The van der Waals surface area contributed by atoms with Gasteiger partial charge < -0.3 is 5.32 Å². The van der Waals surface area contributed by atoms with Crippen LogP contribution in [0.1, 0.15) is 24.0 Å². The van der Waals surface area contributed by atoms with Crippen LogP contribution in [-0.4, -0.2) is 10.8 Å². The molecule has 0 unspecified atom stereocenters. The van der Waals surface area contributed by atoms with Gasteiger partial charge in [-0.2, -0.15) is 5.10 Å². The molecule has 3 nitrogen and oxygen atoms in total. The maximum absolute atomic E-state index is 5.29. The fraction of sp³-hybridized carbons (Fsp3) is 0.375. The van der Waals surface area contributed by atoms with Gasteiger partial charge in [0.2, 0.25) is 0 Å². The second kappa shape index (κ2) is 5.37. The van der Waals surface area contributed by atoms with Crippen molar-refractivity contribution >= 4 is 28.7 Å². The van der Waals surface area contributed by atoms with Crippen molar-refractivity contribution in [2.24, 2.45) is 16.9 Å². The molecule has 2 aliphatic rings. The molecule has 1 aromatic rings. The Labute approximate surface area is 125 Å². The van der Waals surface area contributed by atoms with Crippen LogP contribution < -0.4 is 10.7 Å². The van der Waals surface area contributed by atoms with E-state index in [-0.39, 0.29) is 0 Å². The monoisotopic (exact) mass is 285 g/mol. The Morgan fingerprint density at radius 1 is 1.35 bits per heavy atom. The topological polar surface area (TPSA) is 36.4 Å². The molecule has 2 N–H and O–H groups in total.